The zero-order valence-electron chi connectivity index (χ0n) is 17.2. The molecular formula is C21H36N4O. The Morgan fingerprint density at radius 3 is 2.54 bits per heavy atom. The molecule has 1 aromatic heterocycles. The van der Waals surface area contributed by atoms with Gasteiger partial charge in [-0.2, -0.15) is 5.10 Å². The fourth-order valence-corrected chi connectivity index (χ4v) is 4.03. The maximum atomic E-state index is 13.3. The average molecular weight is 361 g/mol. The minimum atomic E-state index is 0.158. The van der Waals surface area contributed by atoms with E-state index in [2.05, 4.69) is 49.5 Å². The largest absolute Gasteiger partial charge is 0.336 e. The van der Waals surface area contributed by atoms with Crippen molar-refractivity contribution in [1.29, 1.82) is 0 Å². The normalized spacial score (nSPS) is 22.3. The maximum Gasteiger partial charge on any atom is 0.272 e. The van der Waals surface area contributed by atoms with Crippen LogP contribution in [0.15, 0.2) is 6.07 Å². The Bertz CT molecular complexity index is 618. The molecule has 0 bridgehead atoms. The van der Waals surface area contributed by atoms with Crippen LogP contribution in [0, 0.1) is 11.8 Å². The highest BCUT2D eigenvalue weighted by atomic mass is 16.2. The van der Waals surface area contributed by atoms with Gasteiger partial charge in [-0.25, -0.2) is 0 Å². The molecule has 5 heteroatoms. The number of nitrogens with zero attached hydrogens (tertiary/aromatic N) is 4. The minimum Gasteiger partial charge on any atom is -0.336 e. The lowest BCUT2D eigenvalue weighted by Gasteiger charge is -2.34. The summed E-state index contributed by atoms with van der Waals surface area (Å²) in [6.07, 6.45) is 3.84. The molecule has 1 saturated heterocycles. The van der Waals surface area contributed by atoms with E-state index >= 15 is 0 Å². The topological polar surface area (TPSA) is 41.4 Å². The summed E-state index contributed by atoms with van der Waals surface area (Å²) in [6, 6.07) is 2.47. The van der Waals surface area contributed by atoms with Gasteiger partial charge in [0.05, 0.1) is 5.69 Å². The van der Waals surface area contributed by atoms with Gasteiger partial charge >= 0.3 is 0 Å². The van der Waals surface area contributed by atoms with Crippen molar-refractivity contribution in [2.24, 2.45) is 11.8 Å². The van der Waals surface area contributed by atoms with E-state index in [-0.39, 0.29) is 5.91 Å². The van der Waals surface area contributed by atoms with Crippen LogP contribution in [0.25, 0.3) is 0 Å². The molecule has 0 unspecified atom stereocenters. The van der Waals surface area contributed by atoms with Gasteiger partial charge in [-0.3, -0.25) is 14.4 Å². The van der Waals surface area contributed by atoms with Gasteiger partial charge in [0, 0.05) is 38.8 Å². The molecule has 1 atom stereocenters. The summed E-state index contributed by atoms with van der Waals surface area (Å²) in [6.45, 7) is 15.7. The SMILES string of the molecule is CCn1nc(C(C)C)cc1C(=O)N1CCCN(CC2CC2)[C@H](C(C)C)C1. The third-order valence-corrected chi connectivity index (χ3v) is 5.91. The van der Waals surface area contributed by atoms with Crippen LogP contribution in [0.3, 0.4) is 0 Å². The van der Waals surface area contributed by atoms with Crippen LogP contribution in [-0.2, 0) is 6.54 Å². The Morgan fingerprint density at radius 2 is 1.96 bits per heavy atom. The molecule has 1 aromatic rings. The molecule has 26 heavy (non-hydrogen) atoms. The van der Waals surface area contributed by atoms with Crippen LogP contribution < -0.4 is 0 Å². The predicted molar refractivity (Wildman–Crippen MR) is 105 cm³/mol. The summed E-state index contributed by atoms with van der Waals surface area (Å²) >= 11 is 0. The van der Waals surface area contributed by atoms with Gasteiger partial charge in [0.2, 0.25) is 0 Å². The van der Waals surface area contributed by atoms with E-state index in [4.69, 9.17) is 0 Å². The molecule has 2 heterocycles. The van der Waals surface area contributed by atoms with Crippen molar-refractivity contribution in [2.75, 3.05) is 26.2 Å². The van der Waals surface area contributed by atoms with E-state index in [1.54, 1.807) is 0 Å². The summed E-state index contributed by atoms with van der Waals surface area (Å²) in [4.78, 5) is 18.1. The quantitative estimate of drug-likeness (QED) is 0.778. The van der Waals surface area contributed by atoms with E-state index in [1.807, 2.05) is 10.7 Å². The molecule has 0 aromatic carbocycles. The van der Waals surface area contributed by atoms with Crippen LogP contribution in [0.4, 0.5) is 0 Å². The van der Waals surface area contributed by atoms with Crippen molar-refractivity contribution >= 4 is 5.91 Å². The number of rotatable bonds is 6. The first-order valence-corrected chi connectivity index (χ1v) is 10.5. The first-order chi connectivity index (χ1) is 12.4. The second-order valence-electron chi connectivity index (χ2n) is 8.78. The van der Waals surface area contributed by atoms with Gasteiger partial charge in [0.15, 0.2) is 0 Å². The molecule has 5 nitrogen and oxygen atoms in total. The van der Waals surface area contributed by atoms with Crippen LogP contribution >= 0.6 is 0 Å². The van der Waals surface area contributed by atoms with E-state index in [9.17, 15) is 4.79 Å². The molecule has 1 aliphatic carbocycles. The number of carbonyl (C=O) groups is 1. The molecule has 2 aliphatic rings. The van der Waals surface area contributed by atoms with Gasteiger partial charge in [-0.15, -0.1) is 0 Å². The van der Waals surface area contributed by atoms with E-state index < -0.39 is 0 Å². The Kier molecular flexibility index (Phi) is 6.06. The van der Waals surface area contributed by atoms with Crippen molar-refractivity contribution in [3.63, 3.8) is 0 Å². The maximum absolute atomic E-state index is 13.3. The molecule has 0 N–H and O–H groups in total. The molecule has 0 radical (unpaired) electrons. The summed E-state index contributed by atoms with van der Waals surface area (Å²) < 4.78 is 1.88. The van der Waals surface area contributed by atoms with E-state index in [0.717, 1.165) is 49.9 Å². The zero-order chi connectivity index (χ0) is 18.8. The third kappa shape index (κ3) is 4.30. The lowest BCUT2D eigenvalue weighted by atomic mass is 10.0. The molecule has 3 rings (SSSR count). The Labute approximate surface area is 158 Å². The number of aryl methyl sites for hydroxylation is 1. The summed E-state index contributed by atoms with van der Waals surface area (Å²) in [5, 5.41) is 4.64. The Morgan fingerprint density at radius 1 is 1.23 bits per heavy atom. The molecule has 1 saturated carbocycles. The fourth-order valence-electron chi connectivity index (χ4n) is 4.03. The molecule has 146 valence electrons. The van der Waals surface area contributed by atoms with Crippen molar-refractivity contribution < 1.29 is 4.79 Å². The van der Waals surface area contributed by atoms with Crippen LogP contribution in [-0.4, -0.2) is 57.7 Å². The van der Waals surface area contributed by atoms with Crippen molar-refractivity contribution in [1.82, 2.24) is 19.6 Å². The number of hydrogen-bond donors (Lipinski definition) is 0. The summed E-state index contributed by atoms with van der Waals surface area (Å²) in [5.41, 5.74) is 1.77. The highest BCUT2D eigenvalue weighted by Crippen LogP contribution is 2.32. The van der Waals surface area contributed by atoms with Crippen molar-refractivity contribution in [3.8, 4) is 0 Å². The fraction of sp³-hybridized carbons (Fsp3) is 0.810. The van der Waals surface area contributed by atoms with Gasteiger partial charge in [-0.05, 0) is 50.0 Å². The third-order valence-electron chi connectivity index (χ3n) is 5.91. The summed E-state index contributed by atoms with van der Waals surface area (Å²) in [5.74, 6) is 1.96. The highest BCUT2D eigenvalue weighted by molar-refractivity contribution is 5.92. The standard InChI is InChI=1S/C21H36N4O/c1-6-25-19(12-18(22-25)15(2)3)21(26)24-11-7-10-23(13-17-8-9-17)20(14-24)16(4)5/h12,15-17,20H,6-11,13-14H2,1-5H3/t20-/m0/s1. The lowest BCUT2D eigenvalue weighted by molar-refractivity contribution is 0.0692. The highest BCUT2D eigenvalue weighted by Gasteiger charge is 2.34. The molecule has 2 fully saturated rings. The molecule has 1 aliphatic heterocycles. The number of aromatic nitrogens is 2. The second kappa shape index (κ2) is 8.12. The number of carbonyl (C=O) groups excluding carboxylic acids is 1. The first kappa shape index (κ1) is 19.4. The summed E-state index contributed by atoms with van der Waals surface area (Å²) in [7, 11) is 0. The smallest absolute Gasteiger partial charge is 0.272 e. The van der Waals surface area contributed by atoms with E-state index in [0.29, 0.717) is 17.9 Å². The Balaban J connectivity index is 1.78. The second-order valence-corrected chi connectivity index (χ2v) is 8.78. The van der Waals surface area contributed by atoms with E-state index in [1.165, 1.54) is 19.4 Å². The first-order valence-electron chi connectivity index (χ1n) is 10.5. The van der Waals surface area contributed by atoms with Gasteiger partial charge < -0.3 is 4.90 Å². The monoisotopic (exact) mass is 360 g/mol. The Hall–Kier alpha value is -1.36. The minimum absolute atomic E-state index is 0.158. The molecule has 0 spiro atoms. The molecule has 1 amide bonds. The van der Waals surface area contributed by atoms with Gasteiger partial charge in [-0.1, -0.05) is 27.7 Å². The van der Waals surface area contributed by atoms with Gasteiger partial charge in [0.1, 0.15) is 5.69 Å². The van der Waals surface area contributed by atoms with Crippen molar-refractivity contribution in [3.05, 3.63) is 17.5 Å². The van der Waals surface area contributed by atoms with Gasteiger partial charge in [0.25, 0.3) is 5.91 Å². The average Bonchev–Trinajstić information content (AvgIpc) is 3.34. The van der Waals surface area contributed by atoms with Crippen molar-refractivity contribution in [2.45, 2.75) is 72.4 Å². The lowest BCUT2D eigenvalue weighted by Crippen LogP contribution is -2.46. The van der Waals surface area contributed by atoms with Crippen LogP contribution in [0.5, 0.6) is 0 Å². The predicted octanol–water partition coefficient (Wildman–Crippen LogP) is 3.61. The number of hydrogen-bond acceptors (Lipinski definition) is 3. The van der Waals surface area contributed by atoms with Crippen LogP contribution in [0.1, 0.15) is 76.0 Å². The zero-order valence-corrected chi connectivity index (χ0v) is 17.2. The van der Waals surface area contributed by atoms with Crippen LogP contribution in [0.2, 0.25) is 0 Å². The molecular weight excluding hydrogens is 324 g/mol. The number of amides is 1.